The van der Waals surface area contributed by atoms with E-state index >= 15 is 0 Å². The molecule has 3 rings (SSSR count). The molecule has 1 aliphatic rings. The van der Waals surface area contributed by atoms with Gasteiger partial charge < -0.3 is 10.6 Å². The fraction of sp³-hybridized carbons (Fsp3) is 0.333. The molecule has 0 amide bonds. The largest absolute Gasteiger partial charge is 0.373 e. The molecule has 2 heteroatoms. The Morgan fingerprint density at radius 2 is 1.43 bits per heavy atom. The number of hydrogen-bond acceptors (Lipinski definition) is 2. The van der Waals surface area contributed by atoms with Crippen LogP contribution in [0.3, 0.4) is 0 Å². The molecule has 120 valence electrons. The van der Waals surface area contributed by atoms with Crippen LogP contribution in [0.4, 0.5) is 11.4 Å². The van der Waals surface area contributed by atoms with Crippen molar-refractivity contribution < 1.29 is 0 Å². The van der Waals surface area contributed by atoms with E-state index in [1.165, 1.54) is 22.4 Å². The zero-order valence-electron chi connectivity index (χ0n) is 14.7. The molecular formula is C21H26N2. The summed E-state index contributed by atoms with van der Waals surface area (Å²) in [5.41, 5.74) is 7.67. The van der Waals surface area contributed by atoms with Crippen LogP contribution in [0.25, 0.3) is 0 Å². The van der Waals surface area contributed by atoms with E-state index in [9.17, 15) is 0 Å². The third-order valence-electron chi connectivity index (χ3n) is 4.68. The van der Waals surface area contributed by atoms with Crippen molar-refractivity contribution in [3.8, 4) is 0 Å². The average Bonchev–Trinajstić information content (AvgIpc) is 2.64. The lowest BCUT2D eigenvalue weighted by Crippen LogP contribution is -2.14. The number of anilines is 2. The summed E-state index contributed by atoms with van der Waals surface area (Å²) in [6.07, 6.45) is 0. The van der Waals surface area contributed by atoms with Crippen LogP contribution >= 0.6 is 0 Å². The summed E-state index contributed by atoms with van der Waals surface area (Å²) >= 11 is 0. The van der Waals surface area contributed by atoms with Crippen molar-refractivity contribution in [3.05, 3.63) is 70.9 Å². The molecule has 2 nitrogen and oxygen atoms in total. The summed E-state index contributed by atoms with van der Waals surface area (Å²) in [6, 6.07) is 17.6. The molecule has 2 aromatic rings. The van der Waals surface area contributed by atoms with Gasteiger partial charge in [-0.3, -0.25) is 0 Å². The fourth-order valence-corrected chi connectivity index (χ4v) is 3.01. The lowest BCUT2D eigenvalue weighted by atomic mass is 9.85. The zero-order valence-corrected chi connectivity index (χ0v) is 14.7. The first kappa shape index (κ1) is 15.7. The van der Waals surface area contributed by atoms with Gasteiger partial charge in [0.2, 0.25) is 0 Å². The highest BCUT2D eigenvalue weighted by molar-refractivity contribution is 5.73. The van der Waals surface area contributed by atoms with Crippen molar-refractivity contribution in [1.82, 2.24) is 0 Å². The molecule has 1 unspecified atom stereocenters. The first-order valence-corrected chi connectivity index (χ1v) is 8.26. The zero-order chi connectivity index (χ0) is 16.6. The molecule has 0 saturated carbocycles. The average molecular weight is 306 g/mol. The molecule has 0 spiro atoms. The predicted molar refractivity (Wildman–Crippen MR) is 99.9 cm³/mol. The Labute approximate surface area is 139 Å². The highest BCUT2D eigenvalue weighted by Gasteiger charge is 2.21. The Hall–Kier alpha value is -2.22. The molecular weight excluding hydrogens is 280 g/mol. The fourth-order valence-electron chi connectivity index (χ4n) is 3.01. The van der Waals surface area contributed by atoms with Gasteiger partial charge in [0, 0.05) is 5.70 Å². The topological polar surface area (TPSA) is 24.1 Å². The van der Waals surface area contributed by atoms with E-state index in [2.05, 4.69) is 93.8 Å². The lowest BCUT2D eigenvalue weighted by Gasteiger charge is -2.23. The second-order valence-corrected chi connectivity index (χ2v) is 7.43. The Morgan fingerprint density at radius 1 is 0.826 bits per heavy atom. The normalized spacial score (nSPS) is 17.9. The van der Waals surface area contributed by atoms with Crippen molar-refractivity contribution in [2.24, 2.45) is 0 Å². The van der Waals surface area contributed by atoms with Gasteiger partial charge >= 0.3 is 0 Å². The minimum atomic E-state index is 0.185. The van der Waals surface area contributed by atoms with E-state index in [4.69, 9.17) is 0 Å². The van der Waals surface area contributed by atoms with E-state index in [-0.39, 0.29) is 11.5 Å². The third-order valence-corrected chi connectivity index (χ3v) is 4.68. The van der Waals surface area contributed by atoms with Gasteiger partial charge in [-0.05, 0) is 48.1 Å². The monoisotopic (exact) mass is 306 g/mol. The van der Waals surface area contributed by atoms with Crippen molar-refractivity contribution in [3.63, 3.8) is 0 Å². The molecule has 1 aliphatic heterocycles. The summed E-state index contributed by atoms with van der Waals surface area (Å²) < 4.78 is 0. The molecule has 0 bridgehead atoms. The third kappa shape index (κ3) is 3.12. The Kier molecular flexibility index (Phi) is 3.93. The highest BCUT2D eigenvalue weighted by Crippen LogP contribution is 2.36. The number of benzene rings is 2. The minimum Gasteiger partial charge on any atom is -0.373 e. The van der Waals surface area contributed by atoms with E-state index in [1.807, 2.05) is 0 Å². The van der Waals surface area contributed by atoms with E-state index < -0.39 is 0 Å². The van der Waals surface area contributed by atoms with Crippen LogP contribution in [-0.2, 0) is 5.41 Å². The summed E-state index contributed by atoms with van der Waals surface area (Å²) in [5, 5.41) is 7.22. The first-order valence-electron chi connectivity index (χ1n) is 8.26. The number of allylic oxidation sites excluding steroid dienone is 1. The summed E-state index contributed by atoms with van der Waals surface area (Å²) in [7, 11) is 0. The number of rotatable bonds is 1. The molecule has 0 aliphatic carbocycles. The SMILES string of the molecule is CC1=C(C)C(c2ccc(C(C)(C)C)cc2)Nc2ccccc2N1. The maximum atomic E-state index is 3.69. The van der Waals surface area contributed by atoms with Crippen molar-refractivity contribution in [1.29, 1.82) is 0 Å². The molecule has 0 aromatic heterocycles. The minimum absolute atomic E-state index is 0.185. The Bertz CT molecular complexity index is 733. The van der Waals surface area contributed by atoms with Gasteiger partial charge in [-0.15, -0.1) is 0 Å². The van der Waals surface area contributed by atoms with Crippen molar-refractivity contribution in [2.45, 2.75) is 46.1 Å². The quantitative estimate of drug-likeness (QED) is 0.690. The van der Waals surface area contributed by atoms with Gasteiger partial charge in [-0.2, -0.15) is 0 Å². The molecule has 0 fully saturated rings. The second kappa shape index (κ2) is 5.77. The van der Waals surface area contributed by atoms with Crippen LogP contribution in [0.15, 0.2) is 59.8 Å². The van der Waals surface area contributed by atoms with Crippen molar-refractivity contribution >= 4 is 11.4 Å². The summed E-state index contributed by atoms with van der Waals surface area (Å²) in [6.45, 7) is 11.1. The van der Waals surface area contributed by atoms with Gasteiger partial charge in [0.1, 0.15) is 0 Å². The Balaban J connectivity index is 1.99. The van der Waals surface area contributed by atoms with E-state index in [0.29, 0.717) is 0 Å². The standard InChI is InChI=1S/C21H26N2/c1-14-15(2)22-18-8-6-7-9-19(18)23-20(14)16-10-12-17(13-11-16)21(3,4)5/h6-13,20,22-23H,1-5H3. The van der Waals surface area contributed by atoms with Crippen LogP contribution in [0.2, 0.25) is 0 Å². The summed E-state index contributed by atoms with van der Waals surface area (Å²) in [5.74, 6) is 0. The molecule has 1 atom stereocenters. The van der Waals surface area contributed by atoms with Gasteiger partial charge in [0.05, 0.1) is 17.4 Å². The lowest BCUT2D eigenvalue weighted by molar-refractivity contribution is 0.590. The molecule has 1 heterocycles. The van der Waals surface area contributed by atoms with Crippen LogP contribution in [0, 0.1) is 0 Å². The highest BCUT2D eigenvalue weighted by atomic mass is 15.0. The molecule has 2 aromatic carbocycles. The second-order valence-electron chi connectivity index (χ2n) is 7.43. The van der Waals surface area contributed by atoms with Crippen molar-refractivity contribution in [2.75, 3.05) is 10.6 Å². The number of hydrogen-bond donors (Lipinski definition) is 2. The van der Waals surface area contributed by atoms with Crippen LogP contribution in [0.1, 0.15) is 51.8 Å². The Morgan fingerprint density at radius 3 is 2.04 bits per heavy atom. The van der Waals surface area contributed by atoms with Gasteiger partial charge in [0.25, 0.3) is 0 Å². The van der Waals surface area contributed by atoms with Gasteiger partial charge in [-0.25, -0.2) is 0 Å². The predicted octanol–water partition coefficient (Wildman–Crippen LogP) is 5.86. The molecule has 0 radical (unpaired) electrons. The maximum absolute atomic E-state index is 3.69. The van der Waals surface area contributed by atoms with Crippen LogP contribution in [-0.4, -0.2) is 0 Å². The van der Waals surface area contributed by atoms with Crippen LogP contribution < -0.4 is 10.6 Å². The maximum Gasteiger partial charge on any atom is 0.0744 e. The smallest absolute Gasteiger partial charge is 0.0744 e. The number of fused-ring (bicyclic) bond motifs is 1. The summed E-state index contributed by atoms with van der Waals surface area (Å²) in [4.78, 5) is 0. The van der Waals surface area contributed by atoms with Gasteiger partial charge in [-0.1, -0.05) is 57.2 Å². The molecule has 0 saturated heterocycles. The van der Waals surface area contributed by atoms with E-state index in [0.717, 1.165) is 11.4 Å². The van der Waals surface area contributed by atoms with Crippen LogP contribution in [0.5, 0.6) is 0 Å². The molecule has 23 heavy (non-hydrogen) atoms. The molecule has 2 N–H and O–H groups in total. The van der Waals surface area contributed by atoms with E-state index in [1.54, 1.807) is 0 Å². The first-order chi connectivity index (χ1) is 10.9. The van der Waals surface area contributed by atoms with Gasteiger partial charge in [0.15, 0.2) is 0 Å². The number of nitrogens with one attached hydrogen (secondary N) is 2. The number of para-hydroxylation sites is 2.